The predicted octanol–water partition coefficient (Wildman–Crippen LogP) is 2.86. The number of hydrogen-bond acceptors (Lipinski definition) is 4. The lowest BCUT2D eigenvalue weighted by molar-refractivity contribution is 0.620. The average Bonchev–Trinajstić information content (AvgIpc) is 2.95. The largest absolute Gasteiger partial charge is 0.371 e. The number of nitrogens with zero attached hydrogens (tertiary/aromatic N) is 3. The Labute approximate surface area is 124 Å². The van der Waals surface area contributed by atoms with Gasteiger partial charge in [-0.15, -0.1) is 0 Å². The molecule has 1 atom stereocenters. The predicted molar refractivity (Wildman–Crippen MR) is 82.0 cm³/mol. The highest BCUT2D eigenvalue weighted by molar-refractivity contribution is 5.47. The van der Waals surface area contributed by atoms with E-state index < -0.39 is 0 Å². The third-order valence-electron chi connectivity index (χ3n) is 3.85. The molecule has 1 aromatic carbocycles. The Bertz CT molecular complexity index is 599. The molecular formula is C16H19FN4. The summed E-state index contributed by atoms with van der Waals surface area (Å²) < 4.78 is 13.0. The van der Waals surface area contributed by atoms with Crippen LogP contribution in [0.5, 0.6) is 0 Å². The van der Waals surface area contributed by atoms with Gasteiger partial charge in [0.1, 0.15) is 18.0 Å². The number of nitrogens with one attached hydrogen (secondary N) is 1. The lowest BCUT2D eigenvalue weighted by atomic mass is 10.1. The van der Waals surface area contributed by atoms with Crippen LogP contribution in [0, 0.1) is 18.7 Å². The lowest BCUT2D eigenvalue weighted by Crippen LogP contribution is -2.22. The maximum Gasteiger partial charge on any atom is 0.129 e. The first-order valence-electron chi connectivity index (χ1n) is 7.24. The zero-order valence-electron chi connectivity index (χ0n) is 12.1. The van der Waals surface area contributed by atoms with Gasteiger partial charge >= 0.3 is 0 Å². The summed E-state index contributed by atoms with van der Waals surface area (Å²) in [5.74, 6) is 1.27. The van der Waals surface area contributed by atoms with Gasteiger partial charge in [0.15, 0.2) is 0 Å². The highest BCUT2D eigenvalue weighted by Crippen LogP contribution is 2.24. The van der Waals surface area contributed by atoms with Gasteiger partial charge in [-0.2, -0.15) is 0 Å². The molecule has 0 saturated carbocycles. The van der Waals surface area contributed by atoms with E-state index in [2.05, 4.69) is 20.2 Å². The van der Waals surface area contributed by atoms with Gasteiger partial charge in [-0.05, 0) is 43.5 Å². The third kappa shape index (κ3) is 3.48. The van der Waals surface area contributed by atoms with Gasteiger partial charge in [0.2, 0.25) is 0 Å². The van der Waals surface area contributed by atoms with Gasteiger partial charge < -0.3 is 10.2 Å². The topological polar surface area (TPSA) is 41.0 Å². The van der Waals surface area contributed by atoms with Crippen LogP contribution in [0.4, 0.5) is 15.9 Å². The number of rotatable bonds is 4. The summed E-state index contributed by atoms with van der Waals surface area (Å²) in [5.41, 5.74) is 2.06. The average molecular weight is 286 g/mol. The first-order valence-corrected chi connectivity index (χ1v) is 7.24. The second kappa shape index (κ2) is 6.08. The van der Waals surface area contributed by atoms with Crippen molar-refractivity contribution in [2.45, 2.75) is 13.3 Å². The fourth-order valence-electron chi connectivity index (χ4n) is 2.69. The Hall–Kier alpha value is -2.17. The molecule has 5 heteroatoms. The molecule has 2 heterocycles. The van der Waals surface area contributed by atoms with Crippen molar-refractivity contribution in [1.82, 2.24) is 9.97 Å². The molecule has 4 nitrogen and oxygen atoms in total. The molecule has 1 unspecified atom stereocenters. The number of halogens is 1. The van der Waals surface area contributed by atoms with Crippen LogP contribution in [-0.4, -0.2) is 29.6 Å². The van der Waals surface area contributed by atoms with Crippen LogP contribution >= 0.6 is 0 Å². The minimum atomic E-state index is -0.185. The van der Waals surface area contributed by atoms with E-state index in [1.807, 2.05) is 25.1 Å². The molecule has 1 saturated heterocycles. The monoisotopic (exact) mass is 286 g/mol. The van der Waals surface area contributed by atoms with E-state index in [1.54, 1.807) is 6.33 Å². The number of hydrogen-bond donors (Lipinski definition) is 1. The zero-order valence-corrected chi connectivity index (χ0v) is 12.1. The van der Waals surface area contributed by atoms with E-state index in [-0.39, 0.29) is 5.82 Å². The first kappa shape index (κ1) is 13.8. The van der Waals surface area contributed by atoms with Gasteiger partial charge in [0, 0.05) is 37.1 Å². The Morgan fingerprint density at radius 2 is 2.10 bits per heavy atom. The normalized spacial score (nSPS) is 18.0. The van der Waals surface area contributed by atoms with Crippen molar-refractivity contribution in [3.63, 3.8) is 0 Å². The van der Waals surface area contributed by atoms with Gasteiger partial charge in [0.05, 0.1) is 0 Å². The van der Waals surface area contributed by atoms with Gasteiger partial charge in [-0.3, -0.25) is 0 Å². The van der Waals surface area contributed by atoms with Crippen molar-refractivity contribution in [3.05, 3.63) is 48.2 Å². The van der Waals surface area contributed by atoms with Crippen LogP contribution in [0.25, 0.3) is 0 Å². The Kier molecular flexibility index (Phi) is 3.99. The standard InChI is InChI=1S/C16H19FN4/c1-12-8-16(20-11-19-12)18-9-13-6-7-21(10-13)15-4-2-14(17)3-5-15/h2-5,8,11,13H,6-7,9-10H2,1H3,(H,18,19,20). The molecule has 1 aliphatic heterocycles. The van der Waals surface area contributed by atoms with Gasteiger partial charge in [0.25, 0.3) is 0 Å². The molecule has 1 aliphatic rings. The second-order valence-corrected chi connectivity index (χ2v) is 5.50. The minimum Gasteiger partial charge on any atom is -0.371 e. The molecule has 21 heavy (non-hydrogen) atoms. The van der Waals surface area contributed by atoms with Gasteiger partial charge in [-0.25, -0.2) is 14.4 Å². The van der Waals surface area contributed by atoms with Crippen LogP contribution in [0.1, 0.15) is 12.1 Å². The van der Waals surface area contributed by atoms with Crippen molar-refractivity contribution in [2.24, 2.45) is 5.92 Å². The molecular weight excluding hydrogens is 267 g/mol. The maximum atomic E-state index is 13.0. The molecule has 110 valence electrons. The minimum absolute atomic E-state index is 0.185. The maximum absolute atomic E-state index is 13.0. The van der Waals surface area contributed by atoms with Crippen LogP contribution in [0.2, 0.25) is 0 Å². The number of anilines is 2. The molecule has 0 radical (unpaired) electrons. The summed E-state index contributed by atoms with van der Waals surface area (Å²) in [6, 6.07) is 8.68. The fraction of sp³-hybridized carbons (Fsp3) is 0.375. The molecule has 3 rings (SSSR count). The summed E-state index contributed by atoms with van der Waals surface area (Å²) >= 11 is 0. The Balaban J connectivity index is 1.54. The quantitative estimate of drug-likeness (QED) is 0.938. The van der Waals surface area contributed by atoms with E-state index in [1.165, 1.54) is 12.1 Å². The number of aryl methyl sites for hydroxylation is 1. The SMILES string of the molecule is Cc1cc(NCC2CCN(c3ccc(F)cc3)C2)ncn1. The van der Waals surface area contributed by atoms with Crippen LogP contribution in [-0.2, 0) is 0 Å². The molecule has 1 N–H and O–H groups in total. The highest BCUT2D eigenvalue weighted by atomic mass is 19.1. The second-order valence-electron chi connectivity index (χ2n) is 5.50. The number of benzene rings is 1. The van der Waals surface area contributed by atoms with Crippen LogP contribution < -0.4 is 10.2 Å². The summed E-state index contributed by atoms with van der Waals surface area (Å²) in [6.07, 6.45) is 2.71. The smallest absolute Gasteiger partial charge is 0.129 e. The van der Waals surface area contributed by atoms with Crippen molar-refractivity contribution in [3.8, 4) is 0 Å². The van der Waals surface area contributed by atoms with E-state index in [9.17, 15) is 4.39 Å². The zero-order chi connectivity index (χ0) is 14.7. The third-order valence-corrected chi connectivity index (χ3v) is 3.85. The summed E-state index contributed by atoms with van der Waals surface area (Å²) in [4.78, 5) is 10.6. The van der Waals surface area contributed by atoms with Crippen molar-refractivity contribution in [1.29, 1.82) is 0 Å². The number of aromatic nitrogens is 2. The summed E-state index contributed by atoms with van der Waals surface area (Å²) in [6.45, 7) is 4.86. The summed E-state index contributed by atoms with van der Waals surface area (Å²) in [7, 11) is 0. The Morgan fingerprint density at radius 1 is 1.29 bits per heavy atom. The lowest BCUT2D eigenvalue weighted by Gasteiger charge is -2.19. The van der Waals surface area contributed by atoms with Crippen LogP contribution in [0.15, 0.2) is 36.7 Å². The molecule has 0 amide bonds. The van der Waals surface area contributed by atoms with Crippen molar-refractivity contribution < 1.29 is 4.39 Å². The molecule has 1 aromatic heterocycles. The van der Waals surface area contributed by atoms with E-state index in [0.29, 0.717) is 5.92 Å². The van der Waals surface area contributed by atoms with Crippen molar-refractivity contribution >= 4 is 11.5 Å². The van der Waals surface area contributed by atoms with E-state index >= 15 is 0 Å². The van der Waals surface area contributed by atoms with E-state index in [0.717, 1.165) is 43.3 Å². The highest BCUT2D eigenvalue weighted by Gasteiger charge is 2.22. The fourth-order valence-corrected chi connectivity index (χ4v) is 2.69. The molecule has 1 fully saturated rings. The summed E-state index contributed by atoms with van der Waals surface area (Å²) in [5, 5.41) is 3.37. The van der Waals surface area contributed by atoms with Crippen molar-refractivity contribution in [2.75, 3.05) is 29.9 Å². The molecule has 0 spiro atoms. The van der Waals surface area contributed by atoms with Gasteiger partial charge in [-0.1, -0.05) is 0 Å². The molecule has 0 bridgehead atoms. The first-order chi connectivity index (χ1) is 10.2. The molecule has 0 aliphatic carbocycles. The van der Waals surface area contributed by atoms with E-state index in [4.69, 9.17) is 0 Å². The Morgan fingerprint density at radius 3 is 2.86 bits per heavy atom. The molecule has 2 aromatic rings. The van der Waals surface area contributed by atoms with Crippen LogP contribution in [0.3, 0.4) is 0 Å².